The Bertz CT molecular complexity index is 626. The molecule has 21 heavy (non-hydrogen) atoms. The van der Waals surface area contributed by atoms with Gasteiger partial charge in [0.05, 0.1) is 0 Å². The van der Waals surface area contributed by atoms with Crippen LogP contribution in [0.2, 0.25) is 0 Å². The molecule has 2 N–H and O–H groups in total. The molecule has 0 amide bonds. The highest BCUT2D eigenvalue weighted by Gasteiger charge is 2.39. The highest BCUT2D eigenvalue weighted by atomic mass is 32.2. The van der Waals surface area contributed by atoms with Crippen LogP contribution in [0.25, 0.3) is 0 Å². The van der Waals surface area contributed by atoms with E-state index in [2.05, 4.69) is 9.27 Å². The van der Waals surface area contributed by atoms with E-state index in [0.29, 0.717) is 12.0 Å². The monoisotopic (exact) mass is 330 g/mol. The minimum absolute atomic E-state index is 0.129. The predicted molar refractivity (Wildman–Crippen MR) is 85.1 cm³/mol. The number of piperidine rings is 1. The van der Waals surface area contributed by atoms with Crippen molar-refractivity contribution < 1.29 is 8.42 Å². The zero-order valence-corrected chi connectivity index (χ0v) is 14.1. The molecule has 6 nitrogen and oxygen atoms in total. The third kappa shape index (κ3) is 2.43. The van der Waals surface area contributed by atoms with Crippen LogP contribution in [0.15, 0.2) is 4.90 Å². The van der Waals surface area contributed by atoms with E-state index in [1.165, 1.54) is 49.2 Å². The highest BCUT2D eigenvalue weighted by Crippen LogP contribution is 2.44. The number of aromatic nitrogens is 1. The van der Waals surface area contributed by atoms with Crippen molar-refractivity contribution in [2.24, 2.45) is 5.92 Å². The Hall–Kier alpha value is -0.860. The molecule has 118 valence electrons. The Morgan fingerprint density at radius 2 is 2.00 bits per heavy atom. The normalized spacial score (nSPS) is 26.3. The van der Waals surface area contributed by atoms with E-state index in [0.717, 1.165) is 24.4 Å². The van der Waals surface area contributed by atoms with Crippen molar-refractivity contribution in [3.05, 3.63) is 0 Å². The Labute approximate surface area is 130 Å². The molecule has 1 saturated carbocycles. The Morgan fingerprint density at radius 3 is 2.71 bits per heavy atom. The molecule has 0 spiro atoms. The third-order valence-electron chi connectivity index (χ3n) is 4.65. The number of sulfonamides is 1. The molecule has 2 unspecified atom stereocenters. The van der Waals surface area contributed by atoms with Crippen LogP contribution in [0.5, 0.6) is 0 Å². The molecule has 1 aliphatic carbocycles. The second-order valence-electron chi connectivity index (χ2n) is 6.08. The maximum absolute atomic E-state index is 12.6. The van der Waals surface area contributed by atoms with E-state index < -0.39 is 10.0 Å². The molecule has 2 heterocycles. The summed E-state index contributed by atoms with van der Waals surface area (Å²) in [6.07, 6.45) is 6.00. The van der Waals surface area contributed by atoms with Crippen LogP contribution in [-0.4, -0.2) is 43.8 Å². The van der Waals surface area contributed by atoms with E-state index in [4.69, 9.17) is 5.73 Å². The molecule has 8 heteroatoms. The van der Waals surface area contributed by atoms with Crippen molar-refractivity contribution in [1.29, 1.82) is 0 Å². The van der Waals surface area contributed by atoms with Gasteiger partial charge in [-0.2, -0.15) is 4.37 Å². The second-order valence-corrected chi connectivity index (χ2v) is 8.92. The van der Waals surface area contributed by atoms with Gasteiger partial charge >= 0.3 is 0 Å². The van der Waals surface area contributed by atoms with Crippen molar-refractivity contribution in [3.8, 4) is 0 Å². The fraction of sp³-hybridized carbons (Fsp3) is 0.769. The van der Waals surface area contributed by atoms with Gasteiger partial charge in [-0.15, -0.1) is 0 Å². The summed E-state index contributed by atoms with van der Waals surface area (Å²) in [6.45, 7) is 0.902. The Kier molecular flexibility index (Phi) is 3.87. The second kappa shape index (κ2) is 5.40. The van der Waals surface area contributed by atoms with Gasteiger partial charge in [0.2, 0.25) is 10.0 Å². The fourth-order valence-electron chi connectivity index (χ4n) is 3.60. The minimum atomic E-state index is -3.56. The van der Waals surface area contributed by atoms with Gasteiger partial charge in [-0.25, -0.2) is 12.7 Å². The van der Waals surface area contributed by atoms with E-state index in [-0.39, 0.29) is 10.7 Å². The lowest BCUT2D eigenvalue weighted by Crippen LogP contribution is -2.43. The quantitative estimate of drug-likeness (QED) is 0.913. The summed E-state index contributed by atoms with van der Waals surface area (Å²) in [7, 11) is -0.493. The zero-order chi connectivity index (χ0) is 15.2. The molecule has 2 atom stereocenters. The first-order valence-corrected chi connectivity index (χ1v) is 9.58. The number of nitrogens with two attached hydrogens (primary N) is 1. The average molecular weight is 330 g/mol. The lowest BCUT2D eigenvalue weighted by molar-refractivity contribution is 0.362. The molecule has 2 fully saturated rings. The largest absolute Gasteiger partial charge is 0.382 e. The molecule has 0 radical (unpaired) electrons. The van der Waals surface area contributed by atoms with Gasteiger partial charge in [0.25, 0.3) is 0 Å². The van der Waals surface area contributed by atoms with Crippen molar-refractivity contribution in [1.82, 2.24) is 8.68 Å². The highest BCUT2D eigenvalue weighted by molar-refractivity contribution is 7.89. The molecule has 1 aromatic heterocycles. The number of hydrogen-bond donors (Lipinski definition) is 1. The summed E-state index contributed by atoms with van der Waals surface area (Å²) in [6, 6.07) is 0.453. The van der Waals surface area contributed by atoms with Crippen LogP contribution < -0.4 is 10.6 Å². The average Bonchev–Trinajstić information content (AvgIpc) is 3.04. The Morgan fingerprint density at radius 1 is 1.29 bits per heavy atom. The molecule has 0 aromatic carbocycles. The zero-order valence-electron chi connectivity index (χ0n) is 12.4. The summed E-state index contributed by atoms with van der Waals surface area (Å²) in [5.74, 6) is 0.820. The first-order valence-electron chi connectivity index (χ1n) is 7.37. The summed E-state index contributed by atoms with van der Waals surface area (Å²) in [5, 5.41) is 0.734. The van der Waals surface area contributed by atoms with Crippen molar-refractivity contribution >= 4 is 32.4 Å². The number of hydrogen-bond acceptors (Lipinski definition) is 6. The van der Waals surface area contributed by atoms with Gasteiger partial charge < -0.3 is 10.6 Å². The maximum atomic E-state index is 12.6. The molecule has 1 aromatic rings. The van der Waals surface area contributed by atoms with E-state index in [9.17, 15) is 8.42 Å². The summed E-state index contributed by atoms with van der Waals surface area (Å²) in [5.41, 5.74) is 5.88. The van der Waals surface area contributed by atoms with Crippen molar-refractivity contribution in [3.63, 3.8) is 0 Å². The summed E-state index contributed by atoms with van der Waals surface area (Å²) >= 11 is 1.22. The number of nitrogen functional groups attached to an aromatic ring is 1. The van der Waals surface area contributed by atoms with Crippen LogP contribution in [0.1, 0.15) is 32.1 Å². The van der Waals surface area contributed by atoms with Gasteiger partial charge in [-0.1, -0.05) is 6.42 Å². The number of nitrogens with zero attached hydrogens (tertiary/aromatic N) is 3. The Balaban J connectivity index is 2.04. The van der Waals surface area contributed by atoms with Gasteiger partial charge in [0, 0.05) is 26.7 Å². The fourth-order valence-corrected chi connectivity index (χ4v) is 5.89. The number of fused-ring (bicyclic) bond motifs is 1. The van der Waals surface area contributed by atoms with Gasteiger partial charge in [-0.05, 0) is 43.1 Å². The SMILES string of the molecule is CN(C)S(=O)(=O)c1c(N)nsc1N1CCCC2CCCC21. The van der Waals surface area contributed by atoms with Gasteiger partial charge in [0.15, 0.2) is 10.7 Å². The molecule has 1 saturated heterocycles. The first kappa shape index (κ1) is 15.1. The molecule has 2 aliphatic rings. The van der Waals surface area contributed by atoms with Gasteiger partial charge in [-0.3, -0.25) is 0 Å². The molecular formula is C13H22N4O2S2. The summed E-state index contributed by atoms with van der Waals surface area (Å²) < 4.78 is 30.5. The van der Waals surface area contributed by atoms with E-state index in [1.54, 1.807) is 0 Å². The topological polar surface area (TPSA) is 79.5 Å². The smallest absolute Gasteiger partial charge is 0.249 e. The van der Waals surface area contributed by atoms with E-state index >= 15 is 0 Å². The van der Waals surface area contributed by atoms with Crippen LogP contribution >= 0.6 is 11.5 Å². The lowest BCUT2D eigenvalue weighted by atomic mass is 9.92. The maximum Gasteiger partial charge on any atom is 0.249 e. The molecule has 3 rings (SSSR count). The minimum Gasteiger partial charge on any atom is -0.382 e. The van der Waals surface area contributed by atoms with Gasteiger partial charge in [0.1, 0.15) is 5.00 Å². The van der Waals surface area contributed by atoms with Crippen LogP contribution in [0, 0.1) is 5.92 Å². The third-order valence-corrected chi connectivity index (χ3v) is 7.56. The number of rotatable bonds is 3. The standard InChI is InChI=1S/C13H22N4O2S2/c1-16(2)21(18,19)11-12(14)15-20-13(11)17-8-4-6-9-5-3-7-10(9)17/h9-10H,3-8H2,1-2H3,(H2,14,15). The number of anilines is 2. The predicted octanol–water partition coefficient (Wildman–Crippen LogP) is 1.74. The van der Waals surface area contributed by atoms with Crippen molar-refractivity contribution in [2.75, 3.05) is 31.3 Å². The first-order chi connectivity index (χ1) is 9.93. The van der Waals surface area contributed by atoms with E-state index in [1.807, 2.05) is 0 Å². The van der Waals surface area contributed by atoms with Crippen LogP contribution in [-0.2, 0) is 10.0 Å². The molecule has 0 bridgehead atoms. The molecule has 1 aliphatic heterocycles. The van der Waals surface area contributed by atoms with Crippen LogP contribution in [0.4, 0.5) is 10.8 Å². The molecular weight excluding hydrogens is 308 g/mol. The lowest BCUT2D eigenvalue weighted by Gasteiger charge is -2.38. The summed E-state index contributed by atoms with van der Waals surface area (Å²) in [4.78, 5) is 2.45. The van der Waals surface area contributed by atoms with Crippen molar-refractivity contribution in [2.45, 2.75) is 43.0 Å². The van der Waals surface area contributed by atoms with Crippen LogP contribution in [0.3, 0.4) is 0 Å².